The van der Waals surface area contributed by atoms with Crippen molar-refractivity contribution in [3.8, 4) is 5.75 Å². The summed E-state index contributed by atoms with van der Waals surface area (Å²) in [5.41, 5.74) is 5.53. The van der Waals surface area contributed by atoms with Crippen molar-refractivity contribution in [3.63, 3.8) is 0 Å². The van der Waals surface area contributed by atoms with E-state index in [1.54, 1.807) is 0 Å². The molecule has 0 atom stereocenters. The number of hydrogen-bond acceptors (Lipinski definition) is 6. The molecule has 1 aromatic carbocycles. The Morgan fingerprint density at radius 1 is 1.38 bits per heavy atom. The molecule has 0 fully saturated rings. The molecule has 0 heterocycles. The highest BCUT2D eigenvalue weighted by molar-refractivity contribution is 7.91. The number of carbonyl (C=O) groups is 1. The first-order valence-electron chi connectivity index (χ1n) is 5.86. The van der Waals surface area contributed by atoms with Gasteiger partial charge in [0.1, 0.15) is 11.3 Å². The van der Waals surface area contributed by atoms with Gasteiger partial charge in [-0.3, -0.25) is 0 Å². The monoisotopic (exact) mass is 332 g/mol. The summed E-state index contributed by atoms with van der Waals surface area (Å²) in [7, 11) is -1.07. The Bertz CT molecular complexity index is 670. The van der Waals surface area contributed by atoms with Crippen LogP contribution in [0.2, 0.25) is 0 Å². The number of thiocarbonyl (C=S) groups is 1. The highest BCUT2D eigenvalue weighted by atomic mass is 32.2. The van der Waals surface area contributed by atoms with Crippen molar-refractivity contribution in [3.05, 3.63) is 17.7 Å². The molecule has 0 aliphatic heterocycles. The Hall–Kier alpha value is -1.87. The average Bonchev–Trinajstić information content (AvgIpc) is 2.45. The van der Waals surface area contributed by atoms with E-state index >= 15 is 0 Å². The maximum Gasteiger partial charge on any atom is 0.341 e. The van der Waals surface area contributed by atoms with Crippen molar-refractivity contribution in [1.82, 2.24) is 0 Å². The molecular weight excluding hydrogens is 316 g/mol. The van der Waals surface area contributed by atoms with Crippen LogP contribution in [0.5, 0.6) is 5.75 Å². The first-order chi connectivity index (χ1) is 9.76. The molecule has 0 saturated carbocycles. The fourth-order valence-electron chi connectivity index (χ4n) is 1.64. The maximum atomic E-state index is 12.1. The van der Waals surface area contributed by atoms with E-state index in [4.69, 9.17) is 22.7 Å². The van der Waals surface area contributed by atoms with E-state index in [-0.39, 0.29) is 32.8 Å². The van der Waals surface area contributed by atoms with E-state index in [0.717, 1.165) is 0 Å². The minimum absolute atomic E-state index is 0.000477. The van der Waals surface area contributed by atoms with Crippen molar-refractivity contribution in [1.29, 1.82) is 0 Å². The Morgan fingerprint density at radius 3 is 2.43 bits per heavy atom. The molecule has 21 heavy (non-hydrogen) atoms. The summed E-state index contributed by atoms with van der Waals surface area (Å²) in [5, 5.41) is 2.47. The smallest absolute Gasteiger partial charge is 0.341 e. The second kappa shape index (κ2) is 6.72. The van der Waals surface area contributed by atoms with E-state index in [1.807, 2.05) is 0 Å². The third kappa shape index (κ3) is 3.82. The third-order valence-corrected chi connectivity index (χ3v) is 4.55. The molecule has 0 aromatic heterocycles. The lowest BCUT2D eigenvalue weighted by Crippen LogP contribution is -2.21. The molecule has 0 saturated heterocycles. The molecule has 1 aromatic rings. The van der Waals surface area contributed by atoms with Crippen LogP contribution >= 0.6 is 12.2 Å². The van der Waals surface area contributed by atoms with Gasteiger partial charge in [0.2, 0.25) is 0 Å². The fraction of sp³-hybridized carbons (Fsp3) is 0.333. The van der Waals surface area contributed by atoms with Crippen LogP contribution in [0.15, 0.2) is 17.0 Å². The Labute approximate surface area is 128 Å². The van der Waals surface area contributed by atoms with Crippen molar-refractivity contribution in [2.24, 2.45) is 5.73 Å². The lowest BCUT2D eigenvalue weighted by molar-refractivity contribution is 0.0597. The quantitative estimate of drug-likeness (QED) is 0.606. The van der Waals surface area contributed by atoms with Gasteiger partial charge in [-0.1, -0.05) is 6.92 Å². The summed E-state index contributed by atoms with van der Waals surface area (Å²) in [4.78, 5) is 11.6. The molecule has 0 unspecified atom stereocenters. The van der Waals surface area contributed by atoms with Gasteiger partial charge in [0.05, 0.1) is 30.6 Å². The van der Waals surface area contributed by atoms with Gasteiger partial charge in [0, 0.05) is 6.07 Å². The molecule has 9 heteroatoms. The van der Waals surface area contributed by atoms with Crippen LogP contribution in [0, 0.1) is 0 Å². The predicted octanol–water partition coefficient (Wildman–Crippen LogP) is 0.931. The number of rotatable bonds is 5. The number of carbonyl (C=O) groups excluding carboxylic acids is 1. The number of hydrogen-bond donors (Lipinski definition) is 2. The van der Waals surface area contributed by atoms with Crippen molar-refractivity contribution >= 4 is 38.8 Å². The van der Waals surface area contributed by atoms with Crippen LogP contribution in [-0.4, -0.2) is 39.5 Å². The second-order valence-corrected chi connectivity index (χ2v) is 6.62. The summed E-state index contributed by atoms with van der Waals surface area (Å²) < 4.78 is 34.0. The van der Waals surface area contributed by atoms with E-state index in [9.17, 15) is 13.2 Å². The molecule has 0 amide bonds. The average molecular weight is 332 g/mol. The van der Waals surface area contributed by atoms with Crippen LogP contribution in [0.4, 0.5) is 5.69 Å². The summed E-state index contributed by atoms with van der Waals surface area (Å²) in [6, 6.07) is 2.53. The molecule has 3 N–H and O–H groups in total. The second-order valence-electron chi connectivity index (χ2n) is 3.93. The van der Waals surface area contributed by atoms with Crippen molar-refractivity contribution in [2.45, 2.75) is 11.8 Å². The molecular formula is C12H16N2O5S2. The minimum atomic E-state index is -3.60. The Balaban J connectivity index is 3.64. The zero-order chi connectivity index (χ0) is 16.2. The van der Waals surface area contributed by atoms with Gasteiger partial charge < -0.3 is 20.5 Å². The number of methoxy groups -OCH3 is 2. The van der Waals surface area contributed by atoms with Crippen LogP contribution in [0.1, 0.15) is 17.3 Å². The first kappa shape index (κ1) is 17.2. The van der Waals surface area contributed by atoms with Gasteiger partial charge in [0.25, 0.3) is 0 Å². The molecule has 0 spiro atoms. The van der Waals surface area contributed by atoms with Gasteiger partial charge in [-0.25, -0.2) is 13.2 Å². The Kier molecular flexibility index (Phi) is 5.50. The first-order valence-corrected chi connectivity index (χ1v) is 7.92. The van der Waals surface area contributed by atoms with Crippen LogP contribution in [-0.2, 0) is 14.6 Å². The van der Waals surface area contributed by atoms with Gasteiger partial charge in [-0.05, 0) is 18.3 Å². The topological polar surface area (TPSA) is 108 Å². The normalized spacial score (nSPS) is 10.8. The zero-order valence-electron chi connectivity index (χ0n) is 11.8. The van der Waals surface area contributed by atoms with E-state index < -0.39 is 15.8 Å². The maximum absolute atomic E-state index is 12.1. The molecule has 116 valence electrons. The third-order valence-electron chi connectivity index (χ3n) is 2.68. The highest BCUT2D eigenvalue weighted by Crippen LogP contribution is 2.31. The standard InChI is InChI=1S/C12H16N2O5S2/c1-4-21(16,17)10-5-7(11(15)19-3)9(18-2)6-8(10)14-12(13)20/h5-6H,4H2,1-3H3,(H3,13,14,20). The number of anilines is 1. The SMILES string of the molecule is CCS(=O)(=O)c1cc(C(=O)OC)c(OC)cc1NC(N)=S. The fourth-order valence-corrected chi connectivity index (χ4v) is 2.80. The van der Waals surface area contributed by atoms with E-state index in [1.165, 1.54) is 33.3 Å². The number of esters is 1. The molecule has 1 rings (SSSR count). The largest absolute Gasteiger partial charge is 0.496 e. The summed E-state index contributed by atoms with van der Waals surface area (Å²) in [6.07, 6.45) is 0. The number of nitrogens with two attached hydrogens (primary N) is 1. The van der Waals surface area contributed by atoms with Crippen molar-refractivity contribution in [2.75, 3.05) is 25.3 Å². The molecule has 7 nitrogen and oxygen atoms in total. The zero-order valence-corrected chi connectivity index (χ0v) is 13.4. The Morgan fingerprint density at radius 2 is 2.00 bits per heavy atom. The van der Waals surface area contributed by atoms with Crippen LogP contribution < -0.4 is 15.8 Å². The summed E-state index contributed by atoms with van der Waals surface area (Å²) in [5.74, 6) is -0.705. The highest BCUT2D eigenvalue weighted by Gasteiger charge is 2.23. The number of benzene rings is 1. The molecule has 0 radical (unpaired) electrons. The number of nitrogens with one attached hydrogen (secondary N) is 1. The van der Waals surface area contributed by atoms with Crippen molar-refractivity contribution < 1.29 is 22.7 Å². The predicted molar refractivity (Wildman–Crippen MR) is 82.5 cm³/mol. The molecule has 0 bridgehead atoms. The lowest BCUT2D eigenvalue weighted by Gasteiger charge is -2.15. The van der Waals surface area contributed by atoms with Gasteiger partial charge >= 0.3 is 5.97 Å². The van der Waals surface area contributed by atoms with Gasteiger partial charge in [0.15, 0.2) is 14.9 Å². The van der Waals surface area contributed by atoms with Crippen LogP contribution in [0.25, 0.3) is 0 Å². The number of sulfone groups is 1. The summed E-state index contributed by atoms with van der Waals surface area (Å²) in [6.45, 7) is 1.49. The minimum Gasteiger partial charge on any atom is -0.496 e. The lowest BCUT2D eigenvalue weighted by atomic mass is 10.2. The van der Waals surface area contributed by atoms with E-state index in [0.29, 0.717) is 0 Å². The number of ether oxygens (including phenoxy) is 2. The van der Waals surface area contributed by atoms with Gasteiger partial charge in [-0.2, -0.15) is 0 Å². The molecule has 0 aliphatic rings. The van der Waals surface area contributed by atoms with E-state index in [2.05, 4.69) is 10.1 Å². The molecule has 0 aliphatic carbocycles. The van der Waals surface area contributed by atoms with Gasteiger partial charge in [-0.15, -0.1) is 0 Å². The summed E-state index contributed by atoms with van der Waals surface area (Å²) >= 11 is 4.72. The van der Waals surface area contributed by atoms with Crippen LogP contribution in [0.3, 0.4) is 0 Å².